The molecule has 4 heteroatoms. The van der Waals surface area contributed by atoms with Gasteiger partial charge >= 0.3 is 0 Å². The van der Waals surface area contributed by atoms with Crippen LogP contribution in [0.4, 0.5) is 0 Å². The predicted octanol–water partition coefficient (Wildman–Crippen LogP) is 1.38. The number of carbonyl (C=O) groups excluding carboxylic acids is 1. The lowest BCUT2D eigenvalue weighted by molar-refractivity contribution is -0.127. The standard InChI is InChI=1S/C14H28N2O2/c1-5-14(3,4)15-13(18)11(2)16-8-6-12(10-16)7-9-17/h11-12,17H,5-10H2,1-4H3,(H,15,18). The molecule has 0 aliphatic carbocycles. The highest BCUT2D eigenvalue weighted by atomic mass is 16.3. The van der Waals surface area contributed by atoms with Gasteiger partial charge in [0.05, 0.1) is 6.04 Å². The molecule has 18 heavy (non-hydrogen) atoms. The van der Waals surface area contributed by atoms with Gasteiger partial charge < -0.3 is 10.4 Å². The maximum Gasteiger partial charge on any atom is 0.237 e. The van der Waals surface area contributed by atoms with Gasteiger partial charge in [-0.1, -0.05) is 6.92 Å². The van der Waals surface area contributed by atoms with Gasteiger partial charge in [-0.3, -0.25) is 9.69 Å². The Hall–Kier alpha value is -0.610. The predicted molar refractivity (Wildman–Crippen MR) is 73.4 cm³/mol. The highest BCUT2D eigenvalue weighted by Crippen LogP contribution is 2.21. The van der Waals surface area contributed by atoms with Crippen LogP contribution in [0, 0.1) is 5.92 Å². The van der Waals surface area contributed by atoms with Crippen molar-refractivity contribution in [1.82, 2.24) is 10.2 Å². The molecular formula is C14H28N2O2. The molecule has 0 saturated carbocycles. The molecule has 1 aliphatic rings. The first-order valence-electron chi connectivity index (χ1n) is 7.06. The van der Waals surface area contributed by atoms with E-state index in [1.54, 1.807) is 0 Å². The Morgan fingerprint density at radius 3 is 2.78 bits per heavy atom. The van der Waals surface area contributed by atoms with Crippen molar-refractivity contribution in [2.75, 3.05) is 19.7 Å². The molecule has 0 aromatic carbocycles. The summed E-state index contributed by atoms with van der Waals surface area (Å²) in [6.07, 6.45) is 2.87. The van der Waals surface area contributed by atoms with Crippen LogP contribution in [0.2, 0.25) is 0 Å². The fraction of sp³-hybridized carbons (Fsp3) is 0.929. The van der Waals surface area contributed by atoms with Crippen molar-refractivity contribution >= 4 is 5.91 Å². The van der Waals surface area contributed by atoms with Gasteiger partial charge in [-0.25, -0.2) is 0 Å². The number of nitrogens with zero attached hydrogens (tertiary/aromatic N) is 1. The van der Waals surface area contributed by atoms with E-state index in [2.05, 4.69) is 31.0 Å². The first-order chi connectivity index (χ1) is 8.39. The van der Waals surface area contributed by atoms with Crippen molar-refractivity contribution in [3.63, 3.8) is 0 Å². The van der Waals surface area contributed by atoms with Crippen LogP contribution >= 0.6 is 0 Å². The van der Waals surface area contributed by atoms with Crippen LogP contribution < -0.4 is 5.32 Å². The quantitative estimate of drug-likeness (QED) is 0.755. The van der Waals surface area contributed by atoms with Crippen LogP contribution in [0.15, 0.2) is 0 Å². The molecule has 1 amide bonds. The van der Waals surface area contributed by atoms with Gasteiger partial charge in [0.2, 0.25) is 5.91 Å². The molecule has 0 aromatic heterocycles. The van der Waals surface area contributed by atoms with Gasteiger partial charge in [-0.05, 0) is 52.5 Å². The number of likely N-dealkylation sites (tertiary alicyclic amines) is 1. The third-order valence-electron chi connectivity index (χ3n) is 4.13. The minimum absolute atomic E-state index is 0.0699. The average molecular weight is 256 g/mol. The maximum atomic E-state index is 12.2. The minimum atomic E-state index is -0.129. The van der Waals surface area contributed by atoms with Crippen molar-refractivity contribution in [3.05, 3.63) is 0 Å². The number of aliphatic hydroxyl groups excluding tert-OH is 1. The zero-order valence-electron chi connectivity index (χ0n) is 12.2. The van der Waals surface area contributed by atoms with E-state index in [0.717, 1.165) is 32.4 Å². The van der Waals surface area contributed by atoms with E-state index >= 15 is 0 Å². The van der Waals surface area contributed by atoms with E-state index in [0.29, 0.717) is 5.92 Å². The Kier molecular flexibility index (Phi) is 5.60. The highest BCUT2D eigenvalue weighted by molar-refractivity contribution is 5.82. The summed E-state index contributed by atoms with van der Waals surface area (Å²) in [5.41, 5.74) is -0.129. The Bertz CT molecular complexity index is 279. The first-order valence-corrected chi connectivity index (χ1v) is 7.06. The van der Waals surface area contributed by atoms with Gasteiger partial charge in [0.25, 0.3) is 0 Å². The second-order valence-electron chi connectivity index (χ2n) is 6.06. The van der Waals surface area contributed by atoms with Crippen LogP contribution in [0.25, 0.3) is 0 Å². The van der Waals surface area contributed by atoms with Gasteiger partial charge in [0, 0.05) is 18.7 Å². The molecule has 0 bridgehead atoms. The van der Waals surface area contributed by atoms with Crippen LogP contribution in [-0.2, 0) is 4.79 Å². The van der Waals surface area contributed by atoms with E-state index in [9.17, 15) is 4.79 Å². The molecule has 2 unspecified atom stereocenters. The van der Waals surface area contributed by atoms with Crippen molar-refractivity contribution in [2.24, 2.45) is 5.92 Å². The van der Waals surface area contributed by atoms with Gasteiger partial charge in [0.1, 0.15) is 0 Å². The molecule has 4 nitrogen and oxygen atoms in total. The van der Waals surface area contributed by atoms with Crippen molar-refractivity contribution in [2.45, 2.75) is 58.5 Å². The molecule has 2 atom stereocenters. The number of hydrogen-bond acceptors (Lipinski definition) is 3. The molecule has 0 aromatic rings. The van der Waals surface area contributed by atoms with Crippen LogP contribution in [0.3, 0.4) is 0 Å². The monoisotopic (exact) mass is 256 g/mol. The SMILES string of the molecule is CCC(C)(C)NC(=O)C(C)N1CCC(CCO)C1. The van der Waals surface area contributed by atoms with Crippen molar-refractivity contribution < 1.29 is 9.90 Å². The van der Waals surface area contributed by atoms with E-state index in [4.69, 9.17) is 5.11 Å². The van der Waals surface area contributed by atoms with Crippen molar-refractivity contribution in [3.8, 4) is 0 Å². The summed E-state index contributed by atoms with van der Waals surface area (Å²) in [5, 5.41) is 12.0. The summed E-state index contributed by atoms with van der Waals surface area (Å²) in [5.74, 6) is 0.663. The van der Waals surface area contributed by atoms with Crippen LogP contribution in [0.1, 0.15) is 47.0 Å². The van der Waals surface area contributed by atoms with Crippen LogP contribution in [0.5, 0.6) is 0 Å². The van der Waals surface area contributed by atoms with Gasteiger partial charge in [-0.15, -0.1) is 0 Å². The molecule has 0 spiro atoms. The lowest BCUT2D eigenvalue weighted by Gasteiger charge is -2.30. The molecule has 0 radical (unpaired) electrons. The maximum absolute atomic E-state index is 12.2. The lowest BCUT2D eigenvalue weighted by atomic mass is 10.0. The van der Waals surface area contributed by atoms with Crippen molar-refractivity contribution in [1.29, 1.82) is 0 Å². The minimum Gasteiger partial charge on any atom is -0.396 e. The molecule has 1 fully saturated rings. The zero-order chi connectivity index (χ0) is 13.8. The normalized spacial score (nSPS) is 23.1. The number of rotatable bonds is 6. The third kappa shape index (κ3) is 4.25. The second-order valence-corrected chi connectivity index (χ2v) is 6.06. The third-order valence-corrected chi connectivity index (χ3v) is 4.13. The Labute approximate surface area is 111 Å². The Morgan fingerprint density at radius 1 is 1.56 bits per heavy atom. The fourth-order valence-corrected chi connectivity index (χ4v) is 2.32. The Balaban J connectivity index is 2.45. The lowest BCUT2D eigenvalue weighted by Crippen LogP contribution is -2.51. The summed E-state index contributed by atoms with van der Waals surface area (Å²) in [7, 11) is 0. The molecular weight excluding hydrogens is 228 g/mol. The smallest absolute Gasteiger partial charge is 0.237 e. The molecule has 1 saturated heterocycles. The van der Waals surface area contributed by atoms with E-state index < -0.39 is 0 Å². The summed E-state index contributed by atoms with van der Waals surface area (Å²) in [4.78, 5) is 14.4. The second kappa shape index (κ2) is 6.53. The van der Waals surface area contributed by atoms with Gasteiger partial charge in [-0.2, -0.15) is 0 Å². The first kappa shape index (κ1) is 15.4. The van der Waals surface area contributed by atoms with E-state index in [-0.39, 0.29) is 24.1 Å². The summed E-state index contributed by atoms with van der Waals surface area (Å²) < 4.78 is 0. The molecule has 106 valence electrons. The van der Waals surface area contributed by atoms with E-state index in [1.807, 2.05) is 6.92 Å². The number of nitrogens with one attached hydrogen (secondary N) is 1. The molecule has 1 heterocycles. The molecule has 2 N–H and O–H groups in total. The highest BCUT2D eigenvalue weighted by Gasteiger charge is 2.31. The molecule has 1 aliphatic heterocycles. The summed E-state index contributed by atoms with van der Waals surface area (Å²) in [6.45, 7) is 10.3. The summed E-state index contributed by atoms with van der Waals surface area (Å²) >= 11 is 0. The summed E-state index contributed by atoms with van der Waals surface area (Å²) in [6, 6.07) is -0.0699. The number of hydrogen-bond donors (Lipinski definition) is 2. The number of aliphatic hydroxyl groups is 1. The average Bonchev–Trinajstić information content (AvgIpc) is 2.76. The van der Waals surface area contributed by atoms with E-state index in [1.165, 1.54) is 0 Å². The van der Waals surface area contributed by atoms with Crippen LogP contribution in [-0.4, -0.2) is 47.2 Å². The fourth-order valence-electron chi connectivity index (χ4n) is 2.32. The zero-order valence-corrected chi connectivity index (χ0v) is 12.2. The number of carbonyl (C=O) groups is 1. The van der Waals surface area contributed by atoms with Gasteiger partial charge in [0.15, 0.2) is 0 Å². The largest absolute Gasteiger partial charge is 0.396 e. The number of amides is 1. The topological polar surface area (TPSA) is 52.6 Å². The molecule has 1 rings (SSSR count). The Morgan fingerprint density at radius 2 is 2.22 bits per heavy atom.